The zero-order chi connectivity index (χ0) is 16.2. The topological polar surface area (TPSA) is 61.4 Å². The highest BCUT2D eigenvalue weighted by molar-refractivity contribution is 6.04. The Kier molecular flexibility index (Phi) is 4.52. The molecule has 6 heteroatoms. The van der Waals surface area contributed by atoms with Crippen molar-refractivity contribution in [3.8, 4) is 0 Å². The lowest BCUT2D eigenvalue weighted by Crippen LogP contribution is -2.44. The van der Waals surface area contributed by atoms with E-state index in [2.05, 4.69) is 32.1 Å². The molecule has 6 nitrogen and oxygen atoms in total. The van der Waals surface area contributed by atoms with E-state index in [1.807, 2.05) is 31.2 Å². The van der Waals surface area contributed by atoms with E-state index in [-0.39, 0.29) is 5.91 Å². The van der Waals surface area contributed by atoms with E-state index in [0.29, 0.717) is 5.69 Å². The van der Waals surface area contributed by atoms with Crippen LogP contribution in [0.2, 0.25) is 0 Å². The summed E-state index contributed by atoms with van der Waals surface area (Å²) in [5.41, 5.74) is 2.97. The second-order valence-corrected chi connectivity index (χ2v) is 5.80. The van der Waals surface area contributed by atoms with Gasteiger partial charge in [-0.25, -0.2) is 4.98 Å². The average Bonchev–Trinajstić information content (AvgIpc) is 2.57. The molecule has 2 aromatic rings. The smallest absolute Gasteiger partial charge is 0.275 e. The molecule has 1 N–H and O–H groups in total. The number of amides is 1. The van der Waals surface area contributed by atoms with Gasteiger partial charge in [-0.2, -0.15) is 0 Å². The van der Waals surface area contributed by atoms with Crippen LogP contribution in [-0.2, 0) is 0 Å². The van der Waals surface area contributed by atoms with Gasteiger partial charge in [0.2, 0.25) is 0 Å². The van der Waals surface area contributed by atoms with Gasteiger partial charge in [0.25, 0.3) is 5.91 Å². The summed E-state index contributed by atoms with van der Waals surface area (Å²) < 4.78 is 0. The second-order valence-electron chi connectivity index (χ2n) is 5.80. The van der Waals surface area contributed by atoms with E-state index in [0.717, 1.165) is 43.2 Å². The summed E-state index contributed by atoms with van der Waals surface area (Å²) in [5.74, 6) is -0.237. The molecule has 1 fully saturated rings. The quantitative estimate of drug-likeness (QED) is 0.936. The monoisotopic (exact) mass is 311 g/mol. The van der Waals surface area contributed by atoms with E-state index in [1.165, 1.54) is 6.20 Å². The molecule has 1 saturated heterocycles. The fourth-order valence-electron chi connectivity index (χ4n) is 2.60. The van der Waals surface area contributed by atoms with Crippen LogP contribution in [0.3, 0.4) is 0 Å². The van der Waals surface area contributed by atoms with E-state index < -0.39 is 0 Å². The molecule has 1 aromatic carbocycles. The Morgan fingerprint density at radius 3 is 2.52 bits per heavy atom. The molecule has 0 aliphatic carbocycles. The third-order valence-electron chi connectivity index (χ3n) is 4.01. The van der Waals surface area contributed by atoms with Crippen LogP contribution in [0.5, 0.6) is 0 Å². The summed E-state index contributed by atoms with van der Waals surface area (Å²) in [7, 11) is 2.13. The summed E-state index contributed by atoms with van der Waals surface area (Å²) in [6.45, 7) is 5.79. The van der Waals surface area contributed by atoms with E-state index in [4.69, 9.17) is 0 Å². The number of aryl methyl sites for hydroxylation is 1. The number of carbonyl (C=O) groups excluding carboxylic acids is 1. The fraction of sp³-hybridized carbons (Fsp3) is 0.353. The van der Waals surface area contributed by atoms with Crippen molar-refractivity contribution < 1.29 is 4.79 Å². The third-order valence-corrected chi connectivity index (χ3v) is 4.01. The lowest BCUT2D eigenvalue weighted by Gasteiger charge is -2.35. The SMILES string of the molecule is Cc1cnc(C(=O)Nc2ccccc2N2CCN(C)CC2)cn1. The number of hydrogen-bond donors (Lipinski definition) is 1. The summed E-state index contributed by atoms with van der Waals surface area (Å²) in [6.07, 6.45) is 3.10. The summed E-state index contributed by atoms with van der Waals surface area (Å²) in [4.78, 5) is 25.2. The lowest BCUT2D eigenvalue weighted by molar-refractivity contribution is 0.102. The molecule has 0 unspecified atom stereocenters. The minimum absolute atomic E-state index is 0.237. The van der Waals surface area contributed by atoms with Crippen molar-refractivity contribution in [1.29, 1.82) is 0 Å². The fourth-order valence-corrected chi connectivity index (χ4v) is 2.60. The van der Waals surface area contributed by atoms with Gasteiger partial charge in [0.15, 0.2) is 0 Å². The van der Waals surface area contributed by atoms with Crippen LogP contribution >= 0.6 is 0 Å². The molecule has 0 atom stereocenters. The lowest BCUT2D eigenvalue weighted by atomic mass is 10.2. The molecule has 0 saturated carbocycles. The summed E-state index contributed by atoms with van der Waals surface area (Å²) >= 11 is 0. The molecule has 2 heterocycles. The highest BCUT2D eigenvalue weighted by atomic mass is 16.1. The van der Waals surface area contributed by atoms with Crippen molar-refractivity contribution >= 4 is 17.3 Å². The number of nitrogens with one attached hydrogen (secondary N) is 1. The Hall–Kier alpha value is -2.47. The second kappa shape index (κ2) is 6.75. The van der Waals surface area contributed by atoms with Gasteiger partial charge in [-0.15, -0.1) is 0 Å². The first-order valence-electron chi connectivity index (χ1n) is 7.76. The van der Waals surface area contributed by atoms with Crippen molar-refractivity contribution in [2.75, 3.05) is 43.4 Å². The Balaban J connectivity index is 1.77. The molecule has 0 bridgehead atoms. The van der Waals surface area contributed by atoms with Crippen molar-refractivity contribution in [3.05, 3.63) is 48.0 Å². The first-order valence-corrected chi connectivity index (χ1v) is 7.76. The van der Waals surface area contributed by atoms with Gasteiger partial charge in [0, 0.05) is 32.4 Å². The number of anilines is 2. The summed E-state index contributed by atoms with van der Waals surface area (Å²) in [6, 6.07) is 7.89. The number of piperazine rings is 1. The van der Waals surface area contributed by atoms with E-state index in [1.54, 1.807) is 6.20 Å². The molecule has 1 aliphatic heterocycles. The maximum absolute atomic E-state index is 12.4. The van der Waals surface area contributed by atoms with Crippen molar-refractivity contribution in [2.45, 2.75) is 6.92 Å². The number of benzene rings is 1. The Labute approximate surface area is 136 Å². The number of hydrogen-bond acceptors (Lipinski definition) is 5. The Morgan fingerprint density at radius 2 is 1.83 bits per heavy atom. The molecule has 3 rings (SSSR count). The number of nitrogens with zero attached hydrogens (tertiary/aromatic N) is 4. The zero-order valence-corrected chi connectivity index (χ0v) is 13.5. The van der Waals surface area contributed by atoms with E-state index in [9.17, 15) is 4.79 Å². The summed E-state index contributed by atoms with van der Waals surface area (Å²) in [5, 5.41) is 2.96. The van der Waals surface area contributed by atoms with E-state index >= 15 is 0 Å². The molecule has 1 aliphatic rings. The Bertz CT molecular complexity index is 678. The molecular weight excluding hydrogens is 290 g/mol. The van der Waals surface area contributed by atoms with Crippen LogP contribution in [0.4, 0.5) is 11.4 Å². The maximum atomic E-state index is 12.4. The first-order chi connectivity index (χ1) is 11.1. The molecule has 1 amide bonds. The largest absolute Gasteiger partial charge is 0.367 e. The van der Waals surface area contributed by atoms with Gasteiger partial charge in [-0.3, -0.25) is 9.78 Å². The number of rotatable bonds is 3. The predicted molar refractivity (Wildman–Crippen MR) is 90.9 cm³/mol. The van der Waals surface area contributed by atoms with Crippen LogP contribution in [0.25, 0.3) is 0 Å². The number of likely N-dealkylation sites (N-methyl/N-ethyl adjacent to an activating group) is 1. The van der Waals surface area contributed by atoms with Crippen LogP contribution in [0.1, 0.15) is 16.2 Å². The van der Waals surface area contributed by atoms with Crippen molar-refractivity contribution in [3.63, 3.8) is 0 Å². The van der Waals surface area contributed by atoms with Gasteiger partial charge in [-0.05, 0) is 26.1 Å². The number of carbonyl (C=O) groups is 1. The standard InChI is InChI=1S/C17H21N5O/c1-13-11-19-15(12-18-13)17(23)20-14-5-3-4-6-16(14)22-9-7-21(2)8-10-22/h3-6,11-12H,7-10H2,1-2H3,(H,20,23). The molecule has 0 radical (unpaired) electrons. The average molecular weight is 311 g/mol. The molecule has 23 heavy (non-hydrogen) atoms. The van der Waals surface area contributed by atoms with Gasteiger partial charge < -0.3 is 15.1 Å². The molecular formula is C17H21N5O. The number of aromatic nitrogens is 2. The maximum Gasteiger partial charge on any atom is 0.275 e. The number of para-hydroxylation sites is 2. The highest BCUT2D eigenvalue weighted by Crippen LogP contribution is 2.26. The van der Waals surface area contributed by atoms with Gasteiger partial charge in [0.1, 0.15) is 5.69 Å². The highest BCUT2D eigenvalue weighted by Gasteiger charge is 2.18. The van der Waals surface area contributed by atoms with Crippen LogP contribution < -0.4 is 10.2 Å². The van der Waals surface area contributed by atoms with Gasteiger partial charge in [-0.1, -0.05) is 12.1 Å². The van der Waals surface area contributed by atoms with Crippen molar-refractivity contribution in [2.24, 2.45) is 0 Å². The van der Waals surface area contributed by atoms with Crippen LogP contribution in [-0.4, -0.2) is 54.0 Å². The minimum Gasteiger partial charge on any atom is -0.367 e. The molecule has 120 valence electrons. The van der Waals surface area contributed by atoms with Gasteiger partial charge in [0.05, 0.1) is 23.3 Å². The van der Waals surface area contributed by atoms with Crippen LogP contribution in [0.15, 0.2) is 36.7 Å². The van der Waals surface area contributed by atoms with Crippen molar-refractivity contribution in [1.82, 2.24) is 14.9 Å². The zero-order valence-electron chi connectivity index (χ0n) is 13.5. The molecule has 1 aromatic heterocycles. The Morgan fingerprint density at radius 1 is 1.09 bits per heavy atom. The third kappa shape index (κ3) is 3.65. The van der Waals surface area contributed by atoms with Gasteiger partial charge >= 0.3 is 0 Å². The van der Waals surface area contributed by atoms with Crippen LogP contribution in [0, 0.1) is 6.92 Å². The normalized spacial score (nSPS) is 15.5. The molecule has 0 spiro atoms. The minimum atomic E-state index is -0.237. The first kappa shape index (κ1) is 15.4. The predicted octanol–water partition coefficient (Wildman–Crippen LogP) is 1.79.